The van der Waals surface area contributed by atoms with E-state index >= 15 is 0 Å². The highest BCUT2D eigenvalue weighted by atomic mass is 15.2. The summed E-state index contributed by atoms with van der Waals surface area (Å²) in [6, 6.07) is 18.7. The fraction of sp³-hybridized carbons (Fsp3) is 0.368. The summed E-state index contributed by atoms with van der Waals surface area (Å²) in [4.78, 5) is 2.68. The summed E-state index contributed by atoms with van der Waals surface area (Å²) in [6.07, 6.45) is 0. The molecule has 2 aromatic carbocycles. The maximum Gasteiger partial charge on any atom is 0.0254 e. The van der Waals surface area contributed by atoms with Gasteiger partial charge in [-0.1, -0.05) is 62.4 Å². The zero-order valence-corrected chi connectivity index (χ0v) is 12.2. The maximum atomic E-state index is 2.68. The molecule has 2 bridgehead atoms. The van der Waals surface area contributed by atoms with Crippen molar-refractivity contribution < 1.29 is 0 Å². The molecule has 0 aromatic heterocycles. The van der Waals surface area contributed by atoms with Gasteiger partial charge in [-0.25, -0.2) is 0 Å². The molecule has 0 radical (unpaired) electrons. The van der Waals surface area contributed by atoms with Crippen LogP contribution >= 0.6 is 0 Å². The summed E-state index contributed by atoms with van der Waals surface area (Å²) in [5, 5.41) is 0. The number of fused-ring (bicyclic) bond motifs is 6. The van der Waals surface area contributed by atoms with Gasteiger partial charge >= 0.3 is 0 Å². The van der Waals surface area contributed by atoms with Gasteiger partial charge in [-0.15, -0.1) is 0 Å². The predicted molar refractivity (Wildman–Crippen MR) is 82.6 cm³/mol. The molecule has 4 rings (SSSR count). The lowest BCUT2D eigenvalue weighted by Gasteiger charge is -2.49. The number of benzene rings is 2. The SMILES string of the molecule is CC(C)[C@H]1C2c3ccccc3CN1Cc1ccccc12. The number of hydrogen-bond acceptors (Lipinski definition) is 1. The van der Waals surface area contributed by atoms with Crippen molar-refractivity contribution in [2.75, 3.05) is 0 Å². The molecule has 1 heteroatoms. The number of nitrogens with zero attached hydrogens (tertiary/aromatic N) is 1. The van der Waals surface area contributed by atoms with E-state index in [4.69, 9.17) is 0 Å². The van der Waals surface area contributed by atoms with Crippen LogP contribution in [-0.4, -0.2) is 10.9 Å². The average molecular weight is 263 g/mol. The molecule has 1 atom stereocenters. The van der Waals surface area contributed by atoms with Crippen molar-refractivity contribution in [3.05, 3.63) is 70.8 Å². The van der Waals surface area contributed by atoms with E-state index in [1.54, 1.807) is 11.1 Å². The second kappa shape index (κ2) is 4.46. The van der Waals surface area contributed by atoms with Gasteiger partial charge in [0.1, 0.15) is 0 Å². The van der Waals surface area contributed by atoms with Crippen LogP contribution in [-0.2, 0) is 13.1 Å². The fourth-order valence-corrected chi connectivity index (χ4v) is 4.22. The third kappa shape index (κ3) is 1.66. The fourth-order valence-electron chi connectivity index (χ4n) is 4.22. The van der Waals surface area contributed by atoms with Gasteiger partial charge in [-0.2, -0.15) is 0 Å². The molecule has 102 valence electrons. The smallest absolute Gasteiger partial charge is 0.0254 e. The molecule has 0 spiro atoms. The van der Waals surface area contributed by atoms with Crippen LogP contribution in [0.2, 0.25) is 0 Å². The van der Waals surface area contributed by atoms with E-state index in [2.05, 4.69) is 67.3 Å². The zero-order valence-electron chi connectivity index (χ0n) is 12.2. The maximum absolute atomic E-state index is 2.68. The third-order valence-electron chi connectivity index (χ3n) is 4.97. The van der Waals surface area contributed by atoms with Gasteiger partial charge in [0.2, 0.25) is 0 Å². The molecule has 0 aliphatic carbocycles. The largest absolute Gasteiger partial charge is 0.291 e. The first-order valence-electron chi connectivity index (χ1n) is 7.65. The lowest BCUT2D eigenvalue weighted by Crippen LogP contribution is -2.49. The van der Waals surface area contributed by atoms with E-state index in [1.807, 2.05) is 0 Å². The molecule has 0 amide bonds. The molecule has 2 aromatic rings. The van der Waals surface area contributed by atoms with Gasteiger partial charge in [0.25, 0.3) is 0 Å². The third-order valence-corrected chi connectivity index (χ3v) is 4.97. The van der Waals surface area contributed by atoms with Gasteiger partial charge in [0, 0.05) is 25.0 Å². The van der Waals surface area contributed by atoms with Crippen molar-refractivity contribution in [2.45, 2.75) is 38.9 Å². The van der Waals surface area contributed by atoms with Gasteiger partial charge in [-0.05, 0) is 28.2 Å². The van der Waals surface area contributed by atoms with E-state index in [0.717, 1.165) is 13.1 Å². The molecule has 0 fully saturated rings. The Bertz CT molecular complexity index is 594. The molecule has 2 heterocycles. The van der Waals surface area contributed by atoms with E-state index in [1.165, 1.54) is 11.1 Å². The lowest BCUT2D eigenvalue weighted by atomic mass is 9.71. The molecule has 0 saturated carbocycles. The summed E-state index contributed by atoms with van der Waals surface area (Å²) >= 11 is 0. The van der Waals surface area contributed by atoms with Gasteiger partial charge in [0.15, 0.2) is 0 Å². The Morgan fingerprint density at radius 3 is 1.85 bits per heavy atom. The molecule has 0 N–H and O–H groups in total. The highest BCUT2D eigenvalue weighted by molar-refractivity contribution is 5.47. The van der Waals surface area contributed by atoms with Crippen LogP contribution in [0.15, 0.2) is 48.5 Å². The summed E-state index contributed by atoms with van der Waals surface area (Å²) in [7, 11) is 0. The molecule has 0 unspecified atom stereocenters. The standard InChI is InChI=1S/C19H21N/c1-13(2)19-18-16-9-5-3-7-14(16)11-20(19)12-15-8-4-6-10-17(15)18/h3-10,13,18-19H,11-12H2,1-2H3/t19-/m0/s1. The van der Waals surface area contributed by atoms with Crippen LogP contribution in [0.4, 0.5) is 0 Å². The lowest BCUT2D eigenvalue weighted by molar-refractivity contribution is 0.0953. The second-order valence-electron chi connectivity index (χ2n) is 6.51. The quantitative estimate of drug-likeness (QED) is 0.746. The molecular formula is C19H21N. The van der Waals surface area contributed by atoms with Crippen LogP contribution in [0.25, 0.3) is 0 Å². The van der Waals surface area contributed by atoms with Crippen molar-refractivity contribution in [3.8, 4) is 0 Å². The van der Waals surface area contributed by atoms with Gasteiger partial charge in [0.05, 0.1) is 0 Å². The number of rotatable bonds is 1. The summed E-state index contributed by atoms with van der Waals surface area (Å²) < 4.78 is 0. The minimum absolute atomic E-state index is 0.546. The molecular weight excluding hydrogens is 242 g/mol. The van der Waals surface area contributed by atoms with Crippen molar-refractivity contribution in [1.82, 2.24) is 4.90 Å². The minimum atomic E-state index is 0.546. The minimum Gasteiger partial charge on any atom is -0.291 e. The second-order valence-corrected chi connectivity index (χ2v) is 6.51. The number of hydrogen-bond donors (Lipinski definition) is 0. The topological polar surface area (TPSA) is 3.24 Å². The Morgan fingerprint density at radius 1 is 0.850 bits per heavy atom. The summed E-state index contributed by atoms with van der Waals surface area (Å²) in [5.74, 6) is 1.23. The van der Waals surface area contributed by atoms with Crippen LogP contribution in [0.1, 0.15) is 42.0 Å². The highest BCUT2D eigenvalue weighted by Crippen LogP contribution is 2.46. The van der Waals surface area contributed by atoms with E-state index in [0.29, 0.717) is 17.9 Å². The Hall–Kier alpha value is -1.60. The van der Waals surface area contributed by atoms with E-state index < -0.39 is 0 Å². The van der Waals surface area contributed by atoms with Crippen LogP contribution in [0.5, 0.6) is 0 Å². The molecule has 2 aliphatic heterocycles. The molecule has 20 heavy (non-hydrogen) atoms. The van der Waals surface area contributed by atoms with Crippen LogP contribution < -0.4 is 0 Å². The zero-order chi connectivity index (χ0) is 13.7. The summed E-state index contributed by atoms with van der Waals surface area (Å²) in [6.45, 7) is 6.94. The Balaban J connectivity index is 1.95. The molecule has 0 saturated heterocycles. The first-order chi connectivity index (χ1) is 9.75. The van der Waals surface area contributed by atoms with Crippen molar-refractivity contribution in [1.29, 1.82) is 0 Å². The molecule has 1 nitrogen and oxygen atoms in total. The van der Waals surface area contributed by atoms with Crippen molar-refractivity contribution >= 4 is 0 Å². The van der Waals surface area contributed by atoms with Crippen LogP contribution in [0, 0.1) is 5.92 Å². The Kier molecular flexibility index (Phi) is 2.71. The van der Waals surface area contributed by atoms with E-state index in [-0.39, 0.29) is 0 Å². The highest BCUT2D eigenvalue weighted by Gasteiger charge is 2.41. The Morgan fingerprint density at radius 2 is 1.35 bits per heavy atom. The van der Waals surface area contributed by atoms with Gasteiger partial charge in [-0.3, -0.25) is 4.90 Å². The normalized spacial score (nSPS) is 27.1. The molecule has 2 aliphatic rings. The van der Waals surface area contributed by atoms with Crippen molar-refractivity contribution in [3.63, 3.8) is 0 Å². The van der Waals surface area contributed by atoms with E-state index in [9.17, 15) is 0 Å². The van der Waals surface area contributed by atoms with Gasteiger partial charge < -0.3 is 0 Å². The first-order valence-corrected chi connectivity index (χ1v) is 7.65. The monoisotopic (exact) mass is 263 g/mol. The predicted octanol–water partition coefficient (Wildman–Crippen LogP) is 4.17. The average Bonchev–Trinajstić information content (AvgIpc) is 2.46. The Labute approximate surface area is 121 Å². The van der Waals surface area contributed by atoms with Crippen molar-refractivity contribution in [2.24, 2.45) is 5.92 Å². The summed E-state index contributed by atoms with van der Waals surface area (Å²) in [5.41, 5.74) is 6.14. The van der Waals surface area contributed by atoms with Crippen LogP contribution in [0.3, 0.4) is 0 Å². The first kappa shape index (κ1) is 12.2.